The summed E-state index contributed by atoms with van der Waals surface area (Å²) in [7, 11) is 2.05. The van der Waals surface area contributed by atoms with E-state index in [9.17, 15) is 4.79 Å². The molecule has 5 nitrogen and oxygen atoms in total. The Hall–Kier alpha value is -2.95. The van der Waals surface area contributed by atoms with Crippen molar-refractivity contribution >= 4 is 16.8 Å². The average Bonchev–Trinajstić information content (AvgIpc) is 3.31. The summed E-state index contributed by atoms with van der Waals surface area (Å²) in [6, 6.07) is 14.3. The minimum atomic E-state index is -0.0535. The molecule has 0 saturated carbocycles. The van der Waals surface area contributed by atoms with Crippen LogP contribution in [0.15, 0.2) is 48.7 Å². The number of amides is 1. The van der Waals surface area contributed by atoms with Gasteiger partial charge < -0.3 is 19.4 Å². The van der Waals surface area contributed by atoms with Crippen molar-refractivity contribution in [2.24, 2.45) is 7.05 Å². The van der Waals surface area contributed by atoms with Crippen LogP contribution < -0.4 is 14.8 Å². The lowest BCUT2D eigenvalue weighted by molar-refractivity contribution is -0.121. The molecule has 1 aliphatic heterocycles. The SMILES string of the molecule is CCCCNC(=O)C[C@H](c1ccc2c(c1)OCO2)c1cn(C)c2ccccc12. The highest BCUT2D eigenvalue weighted by molar-refractivity contribution is 5.86. The van der Waals surface area contributed by atoms with Crippen LogP contribution in [0, 0.1) is 0 Å². The third-order valence-corrected chi connectivity index (χ3v) is 5.34. The lowest BCUT2D eigenvalue weighted by Crippen LogP contribution is -2.26. The minimum absolute atomic E-state index is 0.0535. The predicted octanol–water partition coefficient (Wildman–Crippen LogP) is 4.35. The van der Waals surface area contributed by atoms with Crippen molar-refractivity contribution in [2.45, 2.75) is 32.1 Å². The maximum atomic E-state index is 12.7. The molecule has 1 amide bonds. The van der Waals surface area contributed by atoms with Crippen LogP contribution in [0.2, 0.25) is 0 Å². The van der Waals surface area contributed by atoms with E-state index in [4.69, 9.17) is 9.47 Å². The highest BCUT2D eigenvalue weighted by atomic mass is 16.7. The Labute approximate surface area is 165 Å². The van der Waals surface area contributed by atoms with Crippen molar-refractivity contribution in [1.82, 2.24) is 9.88 Å². The number of para-hydroxylation sites is 1. The van der Waals surface area contributed by atoms with E-state index >= 15 is 0 Å². The number of aryl methyl sites for hydroxylation is 1. The van der Waals surface area contributed by atoms with E-state index in [-0.39, 0.29) is 18.6 Å². The van der Waals surface area contributed by atoms with Crippen molar-refractivity contribution in [3.05, 3.63) is 59.8 Å². The van der Waals surface area contributed by atoms with Crippen LogP contribution in [0.1, 0.15) is 43.2 Å². The minimum Gasteiger partial charge on any atom is -0.454 e. The summed E-state index contributed by atoms with van der Waals surface area (Å²) in [5.74, 6) is 1.52. The normalized spacial score (nSPS) is 13.6. The maximum absolute atomic E-state index is 12.7. The maximum Gasteiger partial charge on any atom is 0.231 e. The van der Waals surface area contributed by atoms with E-state index in [1.807, 2.05) is 37.4 Å². The summed E-state index contributed by atoms with van der Waals surface area (Å²) in [5, 5.41) is 4.23. The summed E-state index contributed by atoms with van der Waals surface area (Å²) in [4.78, 5) is 12.7. The molecule has 0 radical (unpaired) electrons. The van der Waals surface area contributed by atoms with Gasteiger partial charge in [-0.15, -0.1) is 0 Å². The molecule has 1 atom stereocenters. The summed E-state index contributed by atoms with van der Waals surface area (Å²) in [5.41, 5.74) is 3.38. The number of nitrogens with one attached hydrogen (secondary N) is 1. The fraction of sp³-hybridized carbons (Fsp3) is 0.348. The number of rotatable bonds is 7. The second kappa shape index (κ2) is 7.97. The Morgan fingerprint density at radius 3 is 2.86 bits per heavy atom. The van der Waals surface area contributed by atoms with Crippen LogP contribution in [0.5, 0.6) is 11.5 Å². The van der Waals surface area contributed by atoms with Gasteiger partial charge in [-0.2, -0.15) is 0 Å². The van der Waals surface area contributed by atoms with Crippen LogP contribution in [0.25, 0.3) is 10.9 Å². The Balaban J connectivity index is 1.72. The standard InChI is InChI=1S/C23H26N2O3/c1-3-4-11-24-23(26)13-18(16-9-10-21-22(12-16)28-15-27-21)19-14-25(2)20-8-6-5-7-17(19)20/h5-10,12,14,18H,3-4,11,13,15H2,1-2H3,(H,24,26)/t18-/m1/s1. The van der Waals surface area contributed by atoms with Gasteiger partial charge in [-0.1, -0.05) is 37.6 Å². The third-order valence-electron chi connectivity index (χ3n) is 5.34. The third kappa shape index (κ3) is 3.57. The fourth-order valence-corrected chi connectivity index (χ4v) is 3.85. The average molecular weight is 378 g/mol. The Morgan fingerprint density at radius 1 is 1.18 bits per heavy atom. The quantitative estimate of drug-likeness (QED) is 0.622. The molecule has 5 heteroatoms. The van der Waals surface area contributed by atoms with Gasteiger partial charge in [0.2, 0.25) is 12.7 Å². The number of fused-ring (bicyclic) bond motifs is 2. The van der Waals surface area contributed by atoms with Gasteiger partial charge in [0.05, 0.1) is 0 Å². The number of aromatic nitrogens is 1. The van der Waals surface area contributed by atoms with Gasteiger partial charge in [0, 0.05) is 43.0 Å². The molecule has 0 fully saturated rings. The van der Waals surface area contributed by atoms with Crippen LogP contribution in [-0.4, -0.2) is 23.8 Å². The summed E-state index contributed by atoms with van der Waals surface area (Å²) in [6.07, 6.45) is 4.60. The topological polar surface area (TPSA) is 52.5 Å². The van der Waals surface area contributed by atoms with E-state index in [0.717, 1.165) is 47.5 Å². The lowest BCUT2D eigenvalue weighted by Gasteiger charge is -2.18. The number of carbonyl (C=O) groups is 1. The van der Waals surface area contributed by atoms with Gasteiger partial charge in [0.15, 0.2) is 11.5 Å². The molecular formula is C23H26N2O3. The smallest absolute Gasteiger partial charge is 0.231 e. The molecule has 2 aromatic carbocycles. The number of carbonyl (C=O) groups excluding carboxylic acids is 1. The molecule has 4 rings (SSSR count). The first-order chi connectivity index (χ1) is 13.7. The molecule has 0 aliphatic carbocycles. The molecule has 1 aromatic heterocycles. The van der Waals surface area contributed by atoms with Gasteiger partial charge in [0.25, 0.3) is 0 Å². The molecule has 0 unspecified atom stereocenters. The predicted molar refractivity (Wildman–Crippen MR) is 110 cm³/mol. The van der Waals surface area contributed by atoms with Crippen LogP contribution in [0.3, 0.4) is 0 Å². The zero-order chi connectivity index (χ0) is 19.5. The fourth-order valence-electron chi connectivity index (χ4n) is 3.85. The second-order valence-corrected chi connectivity index (χ2v) is 7.29. The molecule has 146 valence electrons. The Morgan fingerprint density at radius 2 is 2.00 bits per heavy atom. The molecule has 28 heavy (non-hydrogen) atoms. The Bertz CT molecular complexity index is 993. The first-order valence-corrected chi connectivity index (χ1v) is 9.87. The molecule has 0 saturated heterocycles. The monoisotopic (exact) mass is 378 g/mol. The highest BCUT2D eigenvalue weighted by Gasteiger charge is 2.24. The van der Waals surface area contributed by atoms with Crippen LogP contribution >= 0.6 is 0 Å². The lowest BCUT2D eigenvalue weighted by atomic mass is 9.87. The Kier molecular flexibility index (Phi) is 5.24. The first kappa shape index (κ1) is 18.4. The van der Waals surface area contributed by atoms with Crippen molar-refractivity contribution in [2.75, 3.05) is 13.3 Å². The summed E-state index contributed by atoms with van der Waals surface area (Å²) < 4.78 is 13.2. The molecule has 2 heterocycles. The molecule has 1 N–H and O–H groups in total. The van der Waals surface area contributed by atoms with Gasteiger partial charge >= 0.3 is 0 Å². The van der Waals surface area contributed by atoms with Crippen LogP contribution in [0.4, 0.5) is 0 Å². The molecule has 0 bridgehead atoms. The second-order valence-electron chi connectivity index (χ2n) is 7.29. The summed E-state index contributed by atoms with van der Waals surface area (Å²) >= 11 is 0. The number of hydrogen-bond acceptors (Lipinski definition) is 3. The van der Waals surface area contributed by atoms with E-state index in [1.165, 1.54) is 5.39 Å². The zero-order valence-corrected chi connectivity index (χ0v) is 16.4. The van der Waals surface area contributed by atoms with Crippen molar-refractivity contribution < 1.29 is 14.3 Å². The van der Waals surface area contributed by atoms with Crippen LogP contribution in [-0.2, 0) is 11.8 Å². The zero-order valence-electron chi connectivity index (χ0n) is 16.4. The first-order valence-electron chi connectivity index (χ1n) is 9.87. The number of nitrogens with zero attached hydrogens (tertiary/aromatic N) is 1. The number of benzene rings is 2. The van der Waals surface area contributed by atoms with Gasteiger partial charge in [-0.25, -0.2) is 0 Å². The van der Waals surface area contributed by atoms with E-state index in [1.54, 1.807) is 0 Å². The number of ether oxygens (including phenoxy) is 2. The number of hydrogen-bond donors (Lipinski definition) is 1. The van der Waals surface area contributed by atoms with Crippen molar-refractivity contribution in [1.29, 1.82) is 0 Å². The van der Waals surface area contributed by atoms with Gasteiger partial charge in [-0.3, -0.25) is 4.79 Å². The van der Waals surface area contributed by atoms with Crippen molar-refractivity contribution in [3.8, 4) is 11.5 Å². The highest BCUT2D eigenvalue weighted by Crippen LogP contribution is 2.39. The molecule has 3 aromatic rings. The molecular weight excluding hydrogens is 352 g/mol. The largest absolute Gasteiger partial charge is 0.454 e. The van der Waals surface area contributed by atoms with E-state index in [0.29, 0.717) is 6.42 Å². The van der Waals surface area contributed by atoms with Gasteiger partial charge in [-0.05, 0) is 35.7 Å². The number of unbranched alkanes of at least 4 members (excludes halogenated alkanes) is 1. The summed E-state index contributed by atoms with van der Waals surface area (Å²) in [6.45, 7) is 3.09. The van der Waals surface area contributed by atoms with Crippen molar-refractivity contribution in [3.63, 3.8) is 0 Å². The molecule has 0 spiro atoms. The van der Waals surface area contributed by atoms with Gasteiger partial charge in [0.1, 0.15) is 0 Å². The van der Waals surface area contributed by atoms with E-state index < -0.39 is 0 Å². The van der Waals surface area contributed by atoms with E-state index in [2.05, 4.69) is 35.1 Å². The molecule has 1 aliphatic rings.